The first-order valence-electron chi connectivity index (χ1n) is 8.00. The van der Waals surface area contributed by atoms with Crippen LogP contribution in [0.2, 0.25) is 0 Å². The Labute approximate surface area is 137 Å². The van der Waals surface area contributed by atoms with Crippen molar-refractivity contribution in [1.29, 1.82) is 0 Å². The number of nitrogens with zero attached hydrogens (tertiary/aromatic N) is 4. The zero-order valence-corrected chi connectivity index (χ0v) is 14.1. The third-order valence-corrected chi connectivity index (χ3v) is 4.47. The van der Waals surface area contributed by atoms with Crippen LogP contribution in [0.1, 0.15) is 23.0 Å². The summed E-state index contributed by atoms with van der Waals surface area (Å²) in [6, 6.07) is 8.81. The van der Waals surface area contributed by atoms with E-state index < -0.39 is 0 Å². The molecule has 23 heavy (non-hydrogen) atoms. The molecule has 0 amide bonds. The zero-order chi connectivity index (χ0) is 16.2. The summed E-state index contributed by atoms with van der Waals surface area (Å²) in [5, 5.41) is 0. The van der Waals surface area contributed by atoms with Crippen LogP contribution in [0.15, 0.2) is 36.7 Å². The summed E-state index contributed by atoms with van der Waals surface area (Å²) in [5.74, 6) is 1.73. The fourth-order valence-corrected chi connectivity index (χ4v) is 3.02. The van der Waals surface area contributed by atoms with E-state index in [4.69, 9.17) is 4.74 Å². The van der Waals surface area contributed by atoms with Gasteiger partial charge in [0.2, 0.25) is 0 Å². The molecule has 3 rings (SSSR count). The lowest BCUT2D eigenvalue weighted by atomic mass is 10.0. The molecule has 1 aliphatic rings. The Morgan fingerprint density at radius 2 is 1.83 bits per heavy atom. The Bertz CT molecular complexity index is 626. The van der Waals surface area contributed by atoms with E-state index in [1.165, 1.54) is 11.1 Å². The molecule has 0 bridgehead atoms. The molecule has 1 saturated heterocycles. The molecule has 5 heteroatoms. The second-order valence-electron chi connectivity index (χ2n) is 6.14. The first-order valence-corrected chi connectivity index (χ1v) is 8.00. The van der Waals surface area contributed by atoms with E-state index in [-0.39, 0.29) is 0 Å². The highest BCUT2D eigenvalue weighted by atomic mass is 16.5. The lowest BCUT2D eigenvalue weighted by Crippen LogP contribution is -2.46. The van der Waals surface area contributed by atoms with Crippen LogP contribution in [0.3, 0.4) is 0 Å². The van der Waals surface area contributed by atoms with Crippen LogP contribution in [0.25, 0.3) is 0 Å². The fraction of sp³-hybridized carbons (Fsp3) is 0.444. The molecule has 0 aliphatic carbocycles. The largest absolute Gasteiger partial charge is 0.497 e. The van der Waals surface area contributed by atoms with E-state index >= 15 is 0 Å². The average molecular weight is 312 g/mol. The summed E-state index contributed by atoms with van der Waals surface area (Å²) in [5.41, 5.74) is 2.51. The lowest BCUT2D eigenvalue weighted by Gasteiger charge is -2.39. The van der Waals surface area contributed by atoms with Crippen LogP contribution in [0.4, 0.5) is 0 Å². The smallest absolute Gasteiger partial charge is 0.125 e. The Kier molecular flexibility index (Phi) is 4.88. The SMILES string of the molecule is COc1ccc(C2CN(Cc3cnc(C)nc3)CCN2C)cc1. The highest BCUT2D eigenvalue weighted by Crippen LogP contribution is 2.26. The van der Waals surface area contributed by atoms with Crippen LogP contribution in [0.5, 0.6) is 5.75 Å². The summed E-state index contributed by atoms with van der Waals surface area (Å²) in [4.78, 5) is 13.5. The summed E-state index contributed by atoms with van der Waals surface area (Å²) in [7, 11) is 3.90. The molecular weight excluding hydrogens is 288 g/mol. The molecular formula is C18H24N4O. The molecule has 0 saturated carbocycles. The van der Waals surface area contributed by atoms with Crippen LogP contribution in [0, 0.1) is 6.92 Å². The van der Waals surface area contributed by atoms with Gasteiger partial charge in [-0.3, -0.25) is 9.80 Å². The molecule has 5 nitrogen and oxygen atoms in total. The van der Waals surface area contributed by atoms with Crippen LogP contribution >= 0.6 is 0 Å². The van der Waals surface area contributed by atoms with Crippen molar-refractivity contribution in [1.82, 2.24) is 19.8 Å². The average Bonchev–Trinajstić information content (AvgIpc) is 2.59. The van der Waals surface area contributed by atoms with Gasteiger partial charge in [0.1, 0.15) is 11.6 Å². The van der Waals surface area contributed by atoms with Gasteiger partial charge in [-0.2, -0.15) is 0 Å². The molecule has 1 aromatic carbocycles. The van der Waals surface area contributed by atoms with Crippen LogP contribution in [-0.2, 0) is 6.54 Å². The number of ether oxygens (including phenoxy) is 1. The zero-order valence-electron chi connectivity index (χ0n) is 14.1. The van der Waals surface area contributed by atoms with Crippen molar-refractivity contribution in [2.24, 2.45) is 0 Å². The summed E-state index contributed by atoms with van der Waals surface area (Å²) < 4.78 is 5.26. The third-order valence-electron chi connectivity index (χ3n) is 4.47. The van der Waals surface area contributed by atoms with E-state index in [1.807, 2.05) is 31.5 Å². The van der Waals surface area contributed by atoms with Crippen molar-refractivity contribution in [2.75, 3.05) is 33.8 Å². The van der Waals surface area contributed by atoms with Gasteiger partial charge >= 0.3 is 0 Å². The number of aryl methyl sites for hydroxylation is 1. The Morgan fingerprint density at radius 3 is 2.48 bits per heavy atom. The maximum atomic E-state index is 5.26. The topological polar surface area (TPSA) is 41.5 Å². The van der Waals surface area contributed by atoms with Gasteiger partial charge in [-0.05, 0) is 31.7 Å². The van der Waals surface area contributed by atoms with Crippen molar-refractivity contribution in [3.8, 4) is 5.75 Å². The van der Waals surface area contributed by atoms with Gasteiger partial charge in [0.15, 0.2) is 0 Å². The molecule has 1 aliphatic heterocycles. The molecule has 1 unspecified atom stereocenters. The van der Waals surface area contributed by atoms with E-state index in [9.17, 15) is 0 Å². The fourth-order valence-electron chi connectivity index (χ4n) is 3.02. The van der Waals surface area contributed by atoms with Gasteiger partial charge in [0.05, 0.1) is 7.11 Å². The summed E-state index contributed by atoms with van der Waals surface area (Å²) in [6.45, 7) is 5.96. The second kappa shape index (κ2) is 7.06. The van der Waals surface area contributed by atoms with Gasteiger partial charge in [0.25, 0.3) is 0 Å². The molecule has 1 aromatic heterocycles. The highest BCUT2D eigenvalue weighted by Gasteiger charge is 2.25. The Balaban J connectivity index is 1.69. The number of hydrogen-bond donors (Lipinski definition) is 0. The standard InChI is InChI=1S/C18H24N4O/c1-14-19-10-15(11-20-14)12-22-9-8-21(2)18(13-22)16-4-6-17(23-3)7-5-16/h4-7,10-11,18H,8-9,12-13H2,1-3H3. The molecule has 0 spiro atoms. The van der Waals surface area contributed by atoms with Gasteiger partial charge in [-0.15, -0.1) is 0 Å². The van der Waals surface area contributed by atoms with E-state index in [0.29, 0.717) is 6.04 Å². The van der Waals surface area contributed by atoms with Crippen molar-refractivity contribution in [2.45, 2.75) is 19.5 Å². The minimum atomic E-state index is 0.404. The molecule has 0 N–H and O–H groups in total. The predicted octanol–water partition coefficient (Wildman–Crippen LogP) is 2.28. The maximum Gasteiger partial charge on any atom is 0.125 e. The van der Waals surface area contributed by atoms with Gasteiger partial charge in [-0.25, -0.2) is 9.97 Å². The number of methoxy groups -OCH3 is 1. The highest BCUT2D eigenvalue weighted by molar-refractivity contribution is 5.29. The van der Waals surface area contributed by atoms with E-state index in [0.717, 1.165) is 37.8 Å². The Hall–Kier alpha value is -1.98. The molecule has 1 atom stereocenters. The van der Waals surface area contributed by atoms with E-state index in [2.05, 4.69) is 38.9 Å². The third kappa shape index (κ3) is 3.86. The van der Waals surface area contributed by atoms with Crippen molar-refractivity contribution >= 4 is 0 Å². The quantitative estimate of drug-likeness (QED) is 0.866. The predicted molar refractivity (Wildman–Crippen MR) is 90.4 cm³/mol. The van der Waals surface area contributed by atoms with E-state index in [1.54, 1.807) is 7.11 Å². The number of piperazine rings is 1. The normalized spacial score (nSPS) is 19.7. The van der Waals surface area contributed by atoms with Crippen molar-refractivity contribution < 1.29 is 4.74 Å². The van der Waals surface area contributed by atoms with Gasteiger partial charge < -0.3 is 4.74 Å². The lowest BCUT2D eigenvalue weighted by molar-refractivity contribution is 0.0903. The monoisotopic (exact) mass is 312 g/mol. The van der Waals surface area contributed by atoms with Gasteiger partial charge in [0, 0.05) is 50.2 Å². The summed E-state index contributed by atoms with van der Waals surface area (Å²) >= 11 is 0. The van der Waals surface area contributed by atoms with Gasteiger partial charge in [-0.1, -0.05) is 12.1 Å². The van der Waals surface area contributed by atoms with Crippen LogP contribution < -0.4 is 4.74 Å². The number of likely N-dealkylation sites (N-methyl/N-ethyl adjacent to an activating group) is 1. The first-order chi connectivity index (χ1) is 11.2. The minimum Gasteiger partial charge on any atom is -0.497 e. The van der Waals surface area contributed by atoms with Crippen molar-refractivity contribution in [3.63, 3.8) is 0 Å². The first kappa shape index (κ1) is 15.9. The number of rotatable bonds is 4. The molecule has 0 radical (unpaired) electrons. The molecule has 2 aromatic rings. The number of benzene rings is 1. The summed E-state index contributed by atoms with van der Waals surface area (Å²) in [6.07, 6.45) is 3.87. The minimum absolute atomic E-state index is 0.404. The molecule has 2 heterocycles. The molecule has 122 valence electrons. The second-order valence-corrected chi connectivity index (χ2v) is 6.14. The van der Waals surface area contributed by atoms with Crippen LogP contribution in [-0.4, -0.2) is 53.6 Å². The Morgan fingerprint density at radius 1 is 1.13 bits per heavy atom. The number of hydrogen-bond acceptors (Lipinski definition) is 5. The number of aromatic nitrogens is 2. The molecule has 1 fully saturated rings. The maximum absolute atomic E-state index is 5.26. The van der Waals surface area contributed by atoms with Crippen molar-refractivity contribution in [3.05, 3.63) is 53.6 Å².